The number of nitrogen functional groups attached to an aromatic ring is 1. The number of carbonyl (C=O) groups excluding carboxylic acids is 1. The minimum absolute atomic E-state index is 0.0117. The third-order valence-electron chi connectivity index (χ3n) is 2.70. The molecule has 2 N–H and O–H groups in total. The second kappa shape index (κ2) is 4.56. The molecular weight excluding hydrogens is 236 g/mol. The van der Waals surface area contributed by atoms with Gasteiger partial charge in [0.1, 0.15) is 11.6 Å². The van der Waals surface area contributed by atoms with Crippen LogP contribution in [0.3, 0.4) is 0 Å². The Morgan fingerprint density at radius 1 is 1.11 bits per heavy atom. The summed E-state index contributed by atoms with van der Waals surface area (Å²) in [5.74, 6) is -1.40. The average molecular weight is 247 g/mol. The van der Waals surface area contributed by atoms with Crippen molar-refractivity contribution in [1.29, 1.82) is 0 Å². The molecular formula is C14H11F2NO. The molecule has 0 atom stereocenters. The molecule has 0 fully saturated rings. The smallest absolute Gasteiger partial charge is 0.193 e. The van der Waals surface area contributed by atoms with Gasteiger partial charge < -0.3 is 5.73 Å². The van der Waals surface area contributed by atoms with Crippen LogP contribution in [0.5, 0.6) is 0 Å². The summed E-state index contributed by atoms with van der Waals surface area (Å²) in [6.45, 7) is 1.63. The number of benzene rings is 2. The molecule has 2 nitrogen and oxygen atoms in total. The highest BCUT2D eigenvalue weighted by atomic mass is 19.1. The van der Waals surface area contributed by atoms with E-state index in [1.807, 2.05) is 0 Å². The quantitative estimate of drug-likeness (QED) is 0.654. The van der Waals surface area contributed by atoms with Crippen molar-refractivity contribution in [2.45, 2.75) is 6.92 Å². The number of aryl methyl sites for hydroxylation is 1. The van der Waals surface area contributed by atoms with Crippen LogP contribution in [0.4, 0.5) is 14.5 Å². The first-order valence-electron chi connectivity index (χ1n) is 5.35. The molecule has 0 unspecified atom stereocenters. The third-order valence-corrected chi connectivity index (χ3v) is 2.70. The number of carbonyl (C=O) groups is 1. The van der Waals surface area contributed by atoms with Crippen LogP contribution >= 0.6 is 0 Å². The topological polar surface area (TPSA) is 43.1 Å². The Hall–Kier alpha value is -2.23. The lowest BCUT2D eigenvalue weighted by molar-refractivity contribution is 0.103. The summed E-state index contributed by atoms with van der Waals surface area (Å²) in [5.41, 5.74) is 6.38. The first-order chi connectivity index (χ1) is 8.49. The zero-order valence-electron chi connectivity index (χ0n) is 9.71. The first-order valence-corrected chi connectivity index (χ1v) is 5.35. The molecule has 2 aromatic carbocycles. The number of anilines is 1. The molecule has 92 valence electrons. The van der Waals surface area contributed by atoms with Gasteiger partial charge in [0.05, 0.1) is 5.69 Å². The molecule has 0 aliphatic rings. The Morgan fingerprint density at radius 2 is 1.83 bits per heavy atom. The zero-order chi connectivity index (χ0) is 13.3. The van der Waals surface area contributed by atoms with Crippen LogP contribution in [0.25, 0.3) is 0 Å². The normalized spacial score (nSPS) is 10.4. The third kappa shape index (κ3) is 2.22. The van der Waals surface area contributed by atoms with Gasteiger partial charge in [-0.2, -0.15) is 0 Å². The van der Waals surface area contributed by atoms with Crippen LogP contribution in [0.2, 0.25) is 0 Å². The number of hydrogen-bond donors (Lipinski definition) is 1. The minimum Gasteiger partial charge on any atom is -0.396 e. The predicted octanol–water partition coefficient (Wildman–Crippen LogP) is 3.09. The van der Waals surface area contributed by atoms with E-state index >= 15 is 0 Å². The fraction of sp³-hybridized carbons (Fsp3) is 0.0714. The van der Waals surface area contributed by atoms with Crippen LogP contribution in [-0.2, 0) is 0 Å². The van der Waals surface area contributed by atoms with Crippen molar-refractivity contribution >= 4 is 11.5 Å². The maximum atomic E-state index is 13.3. The largest absolute Gasteiger partial charge is 0.396 e. The second-order valence-corrected chi connectivity index (χ2v) is 4.02. The average Bonchev–Trinajstić information content (AvgIpc) is 2.32. The molecule has 18 heavy (non-hydrogen) atoms. The standard InChI is InChI=1S/C14H11F2NO/c1-8-6-10(15)3-4-11(8)14(18)9-2-5-13(17)12(16)7-9/h2-7H,17H2,1H3. The van der Waals surface area contributed by atoms with E-state index in [4.69, 9.17) is 5.73 Å². The molecule has 0 saturated carbocycles. The van der Waals surface area contributed by atoms with E-state index in [1.54, 1.807) is 6.92 Å². The van der Waals surface area contributed by atoms with E-state index in [-0.39, 0.29) is 17.0 Å². The highest BCUT2D eigenvalue weighted by Gasteiger charge is 2.13. The van der Waals surface area contributed by atoms with E-state index in [0.717, 1.165) is 6.07 Å². The first kappa shape index (κ1) is 12.2. The molecule has 0 amide bonds. The van der Waals surface area contributed by atoms with Crippen LogP contribution in [0.15, 0.2) is 36.4 Å². The van der Waals surface area contributed by atoms with Gasteiger partial charge in [-0.15, -0.1) is 0 Å². The number of rotatable bonds is 2. The summed E-state index contributed by atoms with van der Waals surface area (Å²) in [6, 6.07) is 7.72. The van der Waals surface area contributed by atoms with Crippen molar-refractivity contribution in [3.05, 3.63) is 64.7 Å². The van der Waals surface area contributed by atoms with Crippen molar-refractivity contribution in [2.75, 3.05) is 5.73 Å². The summed E-state index contributed by atoms with van der Waals surface area (Å²) in [6.07, 6.45) is 0. The van der Waals surface area contributed by atoms with Gasteiger partial charge >= 0.3 is 0 Å². The molecule has 0 aliphatic carbocycles. The fourth-order valence-corrected chi connectivity index (χ4v) is 1.71. The molecule has 0 saturated heterocycles. The van der Waals surface area contributed by atoms with Crippen LogP contribution in [-0.4, -0.2) is 5.78 Å². The molecule has 4 heteroatoms. The SMILES string of the molecule is Cc1cc(F)ccc1C(=O)c1ccc(N)c(F)c1. The van der Waals surface area contributed by atoms with E-state index in [1.165, 1.54) is 30.3 Å². The van der Waals surface area contributed by atoms with Gasteiger partial charge in [0, 0.05) is 11.1 Å². The van der Waals surface area contributed by atoms with Gasteiger partial charge in [0.15, 0.2) is 5.78 Å². The summed E-state index contributed by atoms with van der Waals surface area (Å²) in [7, 11) is 0. The number of halogens is 2. The molecule has 0 radical (unpaired) electrons. The highest BCUT2D eigenvalue weighted by molar-refractivity contribution is 6.10. The van der Waals surface area contributed by atoms with E-state index in [9.17, 15) is 13.6 Å². The lowest BCUT2D eigenvalue weighted by Gasteiger charge is -2.06. The minimum atomic E-state index is -0.638. The Bertz CT molecular complexity index is 623. The van der Waals surface area contributed by atoms with Gasteiger partial charge in [0.2, 0.25) is 0 Å². The van der Waals surface area contributed by atoms with Gasteiger partial charge in [-0.3, -0.25) is 4.79 Å². The van der Waals surface area contributed by atoms with Crippen molar-refractivity contribution < 1.29 is 13.6 Å². The summed E-state index contributed by atoms with van der Waals surface area (Å²) >= 11 is 0. The molecule has 0 aromatic heterocycles. The maximum absolute atomic E-state index is 13.3. The second-order valence-electron chi connectivity index (χ2n) is 4.02. The Kier molecular flexibility index (Phi) is 3.10. The number of ketones is 1. The van der Waals surface area contributed by atoms with Crippen molar-refractivity contribution in [3.8, 4) is 0 Å². The van der Waals surface area contributed by atoms with Gasteiger partial charge in [0.25, 0.3) is 0 Å². The molecule has 2 aromatic rings. The monoisotopic (exact) mass is 247 g/mol. The van der Waals surface area contributed by atoms with Gasteiger partial charge in [-0.25, -0.2) is 8.78 Å². The van der Waals surface area contributed by atoms with Gasteiger partial charge in [-0.1, -0.05) is 0 Å². The molecule has 0 spiro atoms. The van der Waals surface area contributed by atoms with E-state index in [2.05, 4.69) is 0 Å². The van der Waals surface area contributed by atoms with Crippen molar-refractivity contribution in [3.63, 3.8) is 0 Å². The molecule has 2 rings (SSSR count). The predicted molar refractivity (Wildman–Crippen MR) is 65.4 cm³/mol. The van der Waals surface area contributed by atoms with E-state index in [0.29, 0.717) is 11.1 Å². The maximum Gasteiger partial charge on any atom is 0.193 e. The lowest BCUT2D eigenvalue weighted by Crippen LogP contribution is -2.05. The van der Waals surface area contributed by atoms with E-state index < -0.39 is 11.6 Å². The highest BCUT2D eigenvalue weighted by Crippen LogP contribution is 2.18. The molecule has 0 aliphatic heterocycles. The molecule has 0 bridgehead atoms. The van der Waals surface area contributed by atoms with Crippen molar-refractivity contribution in [1.82, 2.24) is 0 Å². The van der Waals surface area contributed by atoms with Gasteiger partial charge in [-0.05, 0) is 48.9 Å². The fourth-order valence-electron chi connectivity index (χ4n) is 1.71. The van der Waals surface area contributed by atoms with Crippen LogP contribution < -0.4 is 5.73 Å². The number of nitrogens with two attached hydrogens (primary N) is 1. The number of hydrogen-bond acceptors (Lipinski definition) is 2. The summed E-state index contributed by atoms with van der Waals surface area (Å²) in [4.78, 5) is 12.1. The Balaban J connectivity index is 2.44. The molecule has 0 heterocycles. The lowest BCUT2D eigenvalue weighted by atomic mass is 9.99. The summed E-state index contributed by atoms with van der Waals surface area (Å²) in [5, 5.41) is 0. The Labute approximate surface area is 103 Å². The van der Waals surface area contributed by atoms with Crippen LogP contribution in [0.1, 0.15) is 21.5 Å². The summed E-state index contributed by atoms with van der Waals surface area (Å²) < 4.78 is 26.2. The van der Waals surface area contributed by atoms with Crippen molar-refractivity contribution in [2.24, 2.45) is 0 Å². The van der Waals surface area contributed by atoms with Crippen LogP contribution in [0, 0.1) is 18.6 Å². The Morgan fingerprint density at radius 3 is 2.44 bits per heavy atom. The zero-order valence-corrected chi connectivity index (χ0v) is 9.71.